The summed E-state index contributed by atoms with van der Waals surface area (Å²) in [6.07, 6.45) is -0.366. The molecule has 1 aliphatic carbocycles. The first kappa shape index (κ1) is 21.1. The highest BCUT2D eigenvalue weighted by Crippen LogP contribution is 2.53. The lowest BCUT2D eigenvalue weighted by Gasteiger charge is -2.52. The molecule has 1 aliphatic heterocycles. The Labute approximate surface area is 179 Å². The third kappa shape index (κ3) is 3.80. The van der Waals surface area contributed by atoms with Crippen LogP contribution in [0.2, 0.25) is 5.02 Å². The summed E-state index contributed by atoms with van der Waals surface area (Å²) >= 11 is 6.36. The van der Waals surface area contributed by atoms with Crippen molar-refractivity contribution in [3.05, 3.63) is 40.5 Å². The van der Waals surface area contributed by atoms with Crippen LogP contribution in [0.5, 0.6) is 0 Å². The smallest absolute Gasteiger partial charge is 0.410 e. The van der Waals surface area contributed by atoms with Gasteiger partial charge in [0.2, 0.25) is 0 Å². The van der Waals surface area contributed by atoms with Gasteiger partial charge in [-0.1, -0.05) is 30.7 Å². The van der Waals surface area contributed by atoms with Gasteiger partial charge in [-0.2, -0.15) is 5.10 Å². The lowest BCUT2D eigenvalue weighted by atomic mass is 9.72. The van der Waals surface area contributed by atoms with Crippen LogP contribution in [0.3, 0.4) is 0 Å². The molecule has 0 saturated heterocycles. The average molecular weight is 438 g/mol. The Balaban J connectivity index is 1.70. The number of carbonyl (C=O) groups is 1. The summed E-state index contributed by atoms with van der Waals surface area (Å²) < 4.78 is 35.1. The highest BCUT2D eigenvalue weighted by atomic mass is 35.5. The maximum absolute atomic E-state index is 13.9. The number of fused-ring (bicyclic) bond motifs is 2. The fourth-order valence-corrected chi connectivity index (χ4v) is 4.69. The van der Waals surface area contributed by atoms with Crippen molar-refractivity contribution in [2.24, 2.45) is 0 Å². The zero-order valence-electron chi connectivity index (χ0n) is 17.6. The van der Waals surface area contributed by atoms with E-state index in [0.717, 1.165) is 17.5 Å². The number of aryl methyl sites for hydroxylation is 1. The number of nitrogens with zero attached hydrogens (tertiary/aromatic N) is 3. The van der Waals surface area contributed by atoms with Crippen molar-refractivity contribution in [3.63, 3.8) is 0 Å². The van der Waals surface area contributed by atoms with Crippen LogP contribution in [0.15, 0.2) is 24.3 Å². The fourth-order valence-electron chi connectivity index (χ4n) is 4.38. The third-order valence-electron chi connectivity index (χ3n) is 5.63. The Hall–Kier alpha value is -2.15. The summed E-state index contributed by atoms with van der Waals surface area (Å²) in [6, 6.07) is 7.59. The molecule has 0 unspecified atom stereocenters. The van der Waals surface area contributed by atoms with Gasteiger partial charge in [0.05, 0.1) is 30.0 Å². The summed E-state index contributed by atoms with van der Waals surface area (Å²) in [7, 11) is 0. The summed E-state index contributed by atoms with van der Waals surface area (Å²) in [4.78, 5) is 14.2. The van der Waals surface area contributed by atoms with Crippen LogP contribution in [0.4, 0.5) is 13.6 Å². The monoisotopic (exact) mass is 437 g/mol. The van der Waals surface area contributed by atoms with E-state index in [-0.39, 0.29) is 25.9 Å². The van der Waals surface area contributed by atoms with E-state index in [1.54, 1.807) is 25.5 Å². The summed E-state index contributed by atoms with van der Waals surface area (Å²) in [6.45, 7) is 7.80. The van der Waals surface area contributed by atoms with Crippen LogP contribution in [0.25, 0.3) is 11.3 Å². The van der Waals surface area contributed by atoms with Crippen molar-refractivity contribution in [2.45, 2.75) is 70.6 Å². The minimum atomic E-state index is -2.76. The molecule has 1 saturated carbocycles. The van der Waals surface area contributed by atoms with Crippen LogP contribution in [-0.2, 0) is 23.2 Å². The van der Waals surface area contributed by atoms with Gasteiger partial charge in [0, 0.05) is 23.4 Å². The molecule has 8 heteroatoms. The quantitative estimate of drug-likeness (QED) is 0.610. The Morgan fingerprint density at radius 1 is 1.27 bits per heavy atom. The maximum Gasteiger partial charge on any atom is 0.410 e. The molecule has 30 heavy (non-hydrogen) atoms. The van der Waals surface area contributed by atoms with E-state index in [2.05, 4.69) is 5.10 Å². The van der Waals surface area contributed by atoms with Crippen molar-refractivity contribution in [2.75, 3.05) is 6.54 Å². The standard InChI is InChI=1S/C22H26ClF2N3O2/c1-5-14-6-7-15(8-17(14)23)18-9-16-10-27(19(29)30-20(2,3)4)13-21(28(16)26-18)11-22(24,25)12-21/h6-9H,5,10-13H2,1-4H3. The normalized spacial score (nSPS) is 19.4. The highest BCUT2D eigenvalue weighted by Gasteiger charge is 2.61. The first-order valence-electron chi connectivity index (χ1n) is 10.2. The number of alkyl halides is 2. The number of rotatable bonds is 2. The molecule has 1 spiro atoms. The number of amides is 1. The summed E-state index contributed by atoms with van der Waals surface area (Å²) in [5.74, 6) is -2.76. The minimum absolute atomic E-state index is 0.154. The minimum Gasteiger partial charge on any atom is -0.444 e. The molecule has 1 fully saturated rings. The number of ether oxygens (including phenoxy) is 1. The summed E-state index contributed by atoms with van der Waals surface area (Å²) in [5.41, 5.74) is 1.66. The van der Waals surface area contributed by atoms with Gasteiger partial charge in [0.15, 0.2) is 0 Å². The molecule has 1 aromatic carbocycles. The van der Waals surface area contributed by atoms with Crippen LogP contribution in [-0.4, -0.2) is 38.8 Å². The molecule has 0 atom stereocenters. The second kappa shape index (κ2) is 6.94. The van der Waals surface area contributed by atoms with E-state index in [0.29, 0.717) is 16.4 Å². The largest absolute Gasteiger partial charge is 0.444 e. The van der Waals surface area contributed by atoms with Gasteiger partial charge in [0.1, 0.15) is 5.60 Å². The van der Waals surface area contributed by atoms with Crippen LogP contribution < -0.4 is 0 Å². The molecule has 5 nitrogen and oxygen atoms in total. The molecule has 4 rings (SSSR count). The van der Waals surface area contributed by atoms with Crippen molar-refractivity contribution in [1.82, 2.24) is 14.7 Å². The second-order valence-electron chi connectivity index (χ2n) is 9.36. The third-order valence-corrected chi connectivity index (χ3v) is 5.98. The first-order chi connectivity index (χ1) is 13.9. The number of benzene rings is 1. The summed E-state index contributed by atoms with van der Waals surface area (Å²) in [5, 5.41) is 5.33. The van der Waals surface area contributed by atoms with E-state index in [1.165, 1.54) is 4.90 Å². The second-order valence-corrected chi connectivity index (χ2v) is 9.77. The van der Waals surface area contributed by atoms with Gasteiger partial charge < -0.3 is 4.74 Å². The number of aromatic nitrogens is 2. The van der Waals surface area contributed by atoms with Crippen molar-refractivity contribution in [3.8, 4) is 11.3 Å². The number of hydrogen-bond donors (Lipinski definition) is 0. The first-order valence-corrected chi connectivity index (χ1v) is 10.5. The van der Waals surface area contributed by atoms with Crippen LogP contribution in [0, 0.1) is 0 Å². The zero-order chi connectivity index (χ0) is 21.9. The predicted octanol–water partition coefficient (Wildman–Crippen LogP) is 5.64. The topological polar surface area (TPSA) is 47.4 Å². The van der Waals surface area contributed by atoms with Gasteiger partial charge in [0.25, 0.3) is 5.92 Å². The van der Waals surface area contributed by atoms with E-state index in [1.807, 2.05) is 31.2 Å². The number of hydrogen-bond acceptors (Lipinski definition) is 3. The Bertz CT molecular complexity index is 989. The Kier molecular flexibility index (Phi) is 4.88. The Morgan fingerprint density at radius 2 is 1.97 bits per heavy atom. The van der Waals surface area contributed by atoms with Gasteiger partial charge in [-0.15, -0.1) is 0 Å². The van der Waals surface area contributed by atoms with E-state index < -0.39 is 23.2 Å². The van der Waals surface area contributed by atoms with E-state index in [4.69, 9.17) is 16.3 Å². The van der Waals surface area contributed by atoms with Crippen molar-refractivity contribution < 1.29 is 18.3 Å². The average Bonchev–Trinajstić information content (AvgIpc) is 3.03. The SMILES string of the molecule is CCc1ccc(-c2cc3n(n2)C2(CN(C(=O)OC(C)(C)C)C3)CC(F)(F)C2)cc1Cl. The highest BCUT2D eigenvalue weighted by molar-refractivity contribution is 6.31. The maximum atomic E-state index is 13.9. The zero-order valence-corrected chi connectivity index (χ0v) is 18.4. The number of carbonyl (C=O) groups excluding carboxylic acids is 1. The van der Waals surface area contributed by atoms with Gasteiger partial charge in [-0.05, 0) is 44.9 Å². The molecule has 2 aliphatic rings. The molecule has 0 bridgehead atoms. The van der Waals surface area contributed by atoms with Crippen molar-refractivity contribution in [1.29, 1.82) is 0 Å². The van der Waals surface area contributed by atoms with Crippen LogP contribution in [0.1, 0.15) is 51.8 Å². The molecule has 0 N–H and O–H groups in total. The van der Waals surface area contributed by atoms with Crippen molar-refractivity contribution >= 4 is 17.7 Å². The molecule has 2 aromatic rings. The Morgan fingerprint density at radius 3 is 2.53 bits per heavy atom. The molecule has 0 radical (unpaired) electrons. The van der Waals surface area contributed by atoms with Gasteiger partial charge >= 0.3 is 6.09 Å². The lowest BCUT2D eigenvalue weighted by Crippen LogP contribution is -2.63. The molecule has 1 amide bonds. The van der Waals surface area contributed by atoms with E-state index >= 15 is 0 Å². The van der Waals surface area contributed by atoms with E-state index in [9.17, 15) is 13.6 Å². The fraction of sp³-hybridized carbons (Fsp3) is 0.545. The van der Waals surface area contributed by atoms with Crippen LogP contribution >= 0.6 is 11.6 Å². The van der Waals surface area contributed by atoms with Gasteiger partial charge in [-0.3, -0.25) is 9.58 Å². The molecular formula is C22H26ClF2N3O2. The number of halogens is 3. The molecule has 162 valence electrons. The predicted molar refractivity (Wildman–Crippen MR) is 111 cm³/mol. The lowest BCUT2D eigenvalue weighted by molar-refractivity contribution is -0.170. The van der Waals surface area contributed by atoms with Gasteiger partial charge in [-0.25, -0.2) is 13.6 Å². The molecular weight excluding hydrogens is 412 g/mol. The molecule has 2 heterocycles. The molecule has 1 aromatic heterocycles.